The first kappa shape index (κ1) is 59.0. The second-order valence-electron chi connectivity index (χ2n) is 16.3. The molecule has 6 amide bonds. The molecule has 0 spiro atoms. The van der Waals surface area contributed by atoms with E-state index in [2.05, 4.69) is 69.4 Å². The van der Waals surface area contributed by atoms with Gasteiger partial charge < -0.3 is 48.5 Å². The molecule has 19 heteroatoms. The summed E-state index contributed by atoms with van der Waals surface area (Å²) in [6.07, 6.45) is 15.4. The zero-order valence-corrected chi connectivity index (χ0v) is 39.7. The Morgan fingerprint density at radius 1 is 0.581 bits per heavy atom. The first-order valence-corrected chi connectivity index (χ1v) is 24.0. The van der Waals surface area contributed by atoms with Gasteiger partial charge in [0.05, 0.1) is 32.2 Å². The van der Waals surface area contributed by atoms with Crippen molar-refractivity contribution < 1.29 is 38.7 Å². The molecule has 12 N–H and O–H groups in total. The quantitative estimate of drug-likeness (QED) is 0.0310. The number of aliphatic hydroxyl groups is 1. The van der Waals surface area contributed by atoms with Crippen LogP contribution in [0.2, 0.25) is 0 Å². The standard InChI is InChI=1S/C43H83N9O8S2/c1-4-23-46-29-39(56)50-37(30-53)43(60)51-34(42(59)52-36(26-32(3)62)41(58)48-24-17-12-16-22-44)21-15-18-25-47-40(57)35(27-38(45)55)49-28-33(54)20-14-11-9-7-5-6-8-10-13-19-31(2)61/h31-32,34-37,46,49,53,61-62H,4-30,44H2,1-3H3,(H2,45,55)(H,47,57)(H,48,58)(H,50,56)(H,51,60)(H,52,59)/t31?,32?,34?,35-,36+,37?/m1/s1. The van der Waals surface area contributed by atoms with Crippen molar-refractivity contribution >= 4 is 66.5 Å². The van der Waals surface area contributed by atoms with E-state index in [0.29, 0.717) is 50.6 Å². The fraction of sp³-hybridized carbons (Fsp3) is 0.837. The lowest BCUT2D eigenvalue weighted by Crippen LogP contribution is -2.58. The Morgan fingerprint density at radius 2 is 1.11 bits per heavy atom. The summed E-state index contributed by atoms with van der Waals surface area (Å²) in [6, 6.07) is -4.47. The van der Waals surface area contributed by atoms with Crippen LogP contribution < -0.4 is 48.7 Å². The van der Waals surface area contributed by atoms with Crippen LogP contribution in [0.1, 0.15) is 149 Å². The zero-order chi connectivity index (χ0) is 46.5. The smallest absolute Gasteiger partial charge is 0.245 e. The number of carbonyl (C=O) groups is 7. The molecule has 0 aromatic heterocycles. The summed E-state index contributed by atoms with van der Waals surface area (Å²) >= 11 is 8.84. The summed E-state index contributed by atoms with van der Waals surface area (Å²) in [5, 5.41) is 29.4. The number of primary amides is 1. The van der Waals surface area contributed by atoms with Crippen LogP contribution in [0.3, 0.4) is 0 Å². The van der Waals surface area contributed by atoms with Crippen LogP contribution in [0.25, 0.3) is 0 Å². The van der Waals surface area contributed by atoms with Gasteiger partial charge in [-0.25, -0.2) is 0 Å². The van der Waals surface area contributed by atoms with Gasteiger partial charge in [-0.05, 0) is 76.1 Å². The van der Waals surface area contributed by atoms with E-state index >= 15 is 0 Å². The molecule has 0 bridgehead atoms. The van der Waals surface area contributed by atoms with Crippen LogP contribution in [0, 0.1) is 0 Å². The Balaban J connectivity index is 5.30. The van der Waals surface area contributed by atoms with Gasteiger partial charge in [0, 0.05) is 24.8 Å². The molecule has 0 aliphatic rings. The Morgan fingerprint density at radius 3 is 1.68 bits per heavy atom. The van der Waals surface area contributed by atoms with Gasteiger partial charge in [0.1, 0.15) is 23.9 Å². The van der Waals surface area contributed by atoms with Crippen LogP contribution in [0.4, 0.5) is 0 Å². The monoisotopic (exact) mass is 918 g/mol. The van der Waals surface area contributed by atoms with Crippen LogP contribution in [0.15, 0.2) is 0 Å². The third-order valence-electron chi connectivity index (χ3n) is 10.1. The van der Waals surface area contributed by atoms with Gasteiger partial charge in [-0.3, -0.25) is 38.9 Å². The predicted octanol–water partition coefficient (Wildman–Crippen LogP) is 1.68. The van der Waals surface area contributed by atoms with Gasteiger partial charge in [-0.2, -0.15) is 25.3 Å². The highest BCUT2D eigenvalue weighted by atomic mass is 32.1. The van der Waals surface area contributed by atoms with Gasteiger partial charge in [0.15, 0.2) is 0 Å². The molecule has 0 saturated carbocycles. The molecule has 0 aliphatic heterocycles. The van der Waals surface area contributed by atoms with Gasteiger partial charge >= 0.3 is 0 Å². The van der Waals surface area contributed by atoms with Crippen molar-refractivity contribution in [1.29, 1.82) is 0 Å². The summed E-state index contributed by atoms with van der Waals surface area (Å²) in [7, 11) is 0. The maximum Gasteiger partial charge on any atom is 0.245 e. The number of amides is 6. The predicted molar refractivity (Wildman–Crippen MR) is 252 cm³/mol. The lowest BCUT2D eigenvalue weighted by atomic mass is 10.0. The first-order valence-electron chi connectivity index (χ1n) is 23.0. The number of unbranched alkanes of at least 4 members (excludes halogenated alkanes) is 11. The zero-order valence-electron chi connectivity index (χ0n) is 37.9. The van der Waals surface area contributed by atoms with Gasteiger partial charge in [0.2, 0.25) is 35.4 Å². The highest BCUT2D eigenvalue weighted by Gasteiger charge is 2.30. The lowest BCUT2D eigenvalue weighted by molar-refractivity contribution is -0.134. The average molecular weight is 918 g/mol. The van der Waals surface area contributed by atoms with Gasteiger partial charge in [0.25, 0.3) is 0 Å². The van der Waals surface area contributed by atoms with E-state index < -0.39 is 66.2 Å². The summed E-state index contributed by atoms with van der Waals surface area (Å²) in [4.78, 5) is 90.0. The number of aliphatic hydroxyl groups excluding tert-OH is 1. The van der Waals surface area contributed by atoms with Crippen molar-refractivity contribution in [1.82, 2.24) is 37.2 Å². The number of hydrogen-bond donors (Lipinski definition) is 12. The van der Waals surface area contributed by atoms with E-state index in [1.54, 1.807) is 6.92 Å². The Labute approximate surface area is 382 Å². The van der Waals surface area contributed by atoms with E-state index in [1.165, 1.54) is 32.1 Å². The summed E-state index contributed by atoms with van der Waals surface area (Å²) in [5.41, 5.74) is 11.0. The van der Waals surface area contributed by atoms with Gasteiger partial charge in [-0.15, -0.1) is 0 Å². The maximum atomic E-state index is 13.7. The summed E-state index contributed by atoms with van der Waals surface area (Å²) in [5.74, 6) is -3.62. The Hall–Kier alpha value is -2.97. The van der Waals surface area contributed by atoms with E-state index in [9.17, 15) is 38.7 Å². The normalized spacial score (nSPS) is 14.1. The number of hydrogen-bond acceptors (Lipinski definition) is 13. The van der Waals surface area contributed by atoms with Crippen molar-refractivity contribution in [2.75, 3.05) is 45.9 Å². The molecule has 62 heavy (non-hydrogen) atoms. The minimum absolute atomic E-state index is 0.0562. The fourth-order valence-corrected chi connectivity index (χ4v) is 6.97. The molecular formula is C43H83N9O8S2. The lowest BCUT2D eigenvalue weighted by Gasteiger charge is -2.25. The van der Waals surface area contributed by atoms with Crippen molar-refractivity contribution in [3.63, 3.8) is 0 Å². The third kappa shape index (κ3) is 32.7. The third-order valence-corrected chi connectivity index (χ3v) is 10.6. The Kier molecular flexibility index (Phi) is 36.6. The number of ketones is 1. The second kappa shape index (κ2) is 38.5. The van der Waals surface area contributed by atoms with Crippen molar-refractivity contribution in [3.8, 4) is 0 Å². The molecule has 0 heterocycles. The van der Waals surface area contributed by atoms with Crippen LogP contribution >= 0.6 is 25.3 Å². The molecular weight excluding hydrogens is 835 g/mol. The average Bonchev–Trinajstić information content (AvgIpc) is 3.21. The Bertz CT molecular complexity index is 1280. The number of thiol groups is 2. The topological polar surface area (TPSA) is 276 Å². The maximum absolute atomic E-state index is 13.7. The SMILES string of the molecule is CCCNCC(=O)NC(CO)C(=O)NC(CCCCNC(=O)[C@@H](CC(N)=O)NCC(=O)CCCCCCCCCCCC(C)S)C(=O)N[C@@H](CC(C)S)C(=O)NCCCCCN. The summed E-state index contributed by atoms with van der Waals surface area (Å²) in [6.45, 7) is 6.66. The minimum Gasteiger partial charge on any atom is -0.394 e. The largest absolute Gasteiger partial charge is 0.394 e. The molecule has 0 rings (SSSR count). The van der Waals surface area contributed by atoms with Crippen LogP contribution in [-0.4, -0.2) is 127 Å². The number of nitrogens with one attached hydrogen (secondary N) is 7. The molecule has 0 saturated heterocycles. The van der Waals surface area contributed by atoms with Gasteiger partial charge in [-0.1, -0.05) is 78.6 Å². The van der Waals surface area contributed by atoms with Crippen LogP contribution in [-0.2, 0) is 33.6 Å². The molecule has 0 fully saturated rings. The van der Waals surface area contributed by atoms with E-state index in [1.807, 2.05) is 6.92 Å². The molecule has 6 atom stereocenters. The highest BCUT2D eigenvalue weighted by Crippen LogP contribution is 2.14. The van der Waals surface area contributed by atoms with Crippen molar-refractivity contribution in [2.24, 2.45) is 11.5 Å². The number of carbonyl (C=O) groups excluding carboxylic acids is 7. The molecule has 360 valence electrons. The minimum atomic E-state index is -1.34. The molecule has 4 unspecified atom stereocenters. The summed E-state index contributed by atoms with van der Waals surface area (Å²) < 4.78 is 0. The van der Waals surface area contributed by atoms with E-state index in [0.717, 1.165) is 51.4 Å². The first-order chi connectivity index (χ1) is 29.6. The molecule has 17 nitrogen and oxygen atoms in total. The molecule has 0 aromatic carbocycles. The number of rotatable bonds is 41. The molecule has 0 aromatic rings. The van der Waals surface area contributed by atoms with E-state index in [-0.39, 0.29) is 49.9 Å². The van der Waals surface area contributed by atoms with E-state index in [4.69, 9.17) is 11.5 Å². The van der Waals surface area contributed by atoms with Crippen molar-refractivity contribution in [3.05, 3.63) is 0 Å². The molecule has 0 aliphatic carbocycles. The van der Waals surface area contributed by atoms with Crippen molar-refractivity contribution in [2.45, 2.75) is 184 Å². The number of Topliss-reactive ketones (excluding diaryl/α,β-unsaturated/α-hetero) is 1. The number of nitrogens with two attached hydrogens (primary N) is 2. The highest BCUT2D eigenvalue weighted by molar-refractivity contribution is 7.81. The fourth-order valence-electron chi connectivity index (χ4n) is 6.58. The molecule has 0 radical (unpaired) electrons. The second-order valence-corrected chi connectivity index (χ2v) is 18.1. The van der Waals surface area contributed by atoms with Crippen LogP contribution in [0.5, 0.6) is 0 Å².